The fraction of sp³-hybridized carbons (Fsp3) is 0.455. The standard InChI is InChI=1S/C22H29N5O2S2/c1-27(2)21-18-6-3-4-7-19(18)25-22(26-21)23-14-16-9-11-17(12-10-16)15-24-31(28,29)20-8-5-13-30-20/h3-8,13,16-17,24H,9-12,14-15H2,1-2H3,(H,23,25,26). The zero-order valence-electron chi connectivity index (χ0n) is 17.9. The van der Waals surface area contributed by atoms with E-state index in [9.17, 15) is 8.42 Å². The van der Waals surface area contributed by atoms with Crippen LogP contribution in [0.3, 0.4) is 0 Å². The first-order valence-electron chi connectivity index (χ1n) is 10.6. The smallest absolute Gasteiger partial charge is 0.250 e. The van der Waals surface area contributed by atoms with Gasteiger partial charge in [0.05, 0.1) is 5.52 Å². The van der Waals surface area contributed by atoms with Gasteiger partial charge in [-0.3, -0.25) is 0 Å². The van der Waals surface area contributed by atoms with Crippen molar-refractivity contribution in [2.75, 3.05) is 37.4 Å². The van der Waals surface area contributed by atoms with Gasteiger partial charge in [-0.05, 0) is 61.1 Å². The van der Waals surface area contributed by atoms with E-state index in [1.54, 1.807) is 17.5 Å². The second-order valence-corrected chi connectivity index (χ2v) is 11.3. The molecule has 2 heterocycles. The Balaban J connectivity index is 1.29. The quantitative estimate of drug-likeness (QED) is 0.530. The van der Waals surface area contributed by atoms with E-state index in [-0.39, 0.29) is 0 Å². The molecule has 0 radical (unpaired) electrons. The van der Waals surface area contributed by atoms with E-state index in [2.05, 4.69) is 15.0 Å². The van der Waals surface area contributed by atoms with Gasteiger partial charge >= 0.3 is 0 Å². The lowest BCUT2D eigenvalue weighted by atomic mass is 9.82. The summed E-state index contributed by atoms with van der Waals surface area (Å²) < 4.78 is 27.8. The summed E-state index contributed by atoms with van der Waals surface area (Å²) in [7, 11) is 0.616. The van der Waals surface area contributed by atoms with Crippen molar-refractivity contribution in [3.05, 3.63) is 41.8 Å². The molecule has 2 aromatic heterocycles. The van der Waals surface area contributed by atoms with Gasteiger partial charge in [0, 0.05) is 32.6 Å². The summed E-state index contributed by atoms with van der Waals surface area (Å²) in [5, 5.41) is 6.26. The molecule has 31 heavy (non-hydrogen) atoms. The van der Waals surface area contributed by atoms with Gasteiger partial charge in [0.25, 0.3) is 0 Å². The van der Waals surface area contributed by atoms with Crippen LogP contribution in [0.15, 0.2) is 46.0 Å². The highest BCUT2D eigenvalue weighted by Crippen LogP contribution is 2.30. The lowest BCUT2D eigenvalue weighted by Gasteiger charge is -2.28. The van der Waals surface area contributed by atoms with Crippen molar-refractivity contribution in [3.63, 3.8) is 0 Å². The molecule has 1 aromatic carbocycles. The molecule has 0 bridgehead atoms. The number of rotatable bonds is 8. The van der Waals surface area contributed by atoms with Gasteiger partial charge in [0.15, 0.2) is 0 Å². The highest BCUT2D eigenvalue weighted by atomic mass is 32.2. The normalized spacial score (nSPS) is 19.4. The van der Waals surface area contributed by atoms with Crippen molar-refractivity contribution in [2.45, 2.75) is 29.9 Å². The van der Waals surface area contributed by atoms with E-state index in [1.807, 2.05) is 43.3 Å². The largest absolute Gasteiger partial charge is 0.362 e. The molecule has 7 nitrogen and oxygen atoms in total. The molecular weight excluding hydrogens is 430 g/mol. The molecule has 1 aliphatic carbocycles. The maximum Gasteiger partial charge on any atom is 0.250 e. The first kappa shape index (κ1) is 22.0. The predicted molar refractivity (Wildman–Crippen MR) is 127 cm³/mol. The van der Waals surface area contributed by atoms with Crippen molar-refractivity contribution in [1.82, 2.24) is 14.7 Å². The number of sulfonamides is 1. The Labute approximate surface area is 188 Å². The maximum absolute atomic E-state index is 12.3. The summed E-state index contributed by atoms with van der Waals surface area (Å²) in [5.74, 6) is 2.51. The number of para-hydroxylation sites is 1. The summed E-state index contributed by atoms with van der Waals surface area (Å²) in [6.45, 7) is 1.35. The minimum Gasteiger partial charge on any atom is -0.362 e. The van der Waals surface area contributed by atoms with Crippen LogP contribution in [-0.4, -0.2) is 45.6 Å². The third-order valence-electron chi connectivity index (χ3n) is 5.84. The van der Waals surface area contributed by atoms with Crippen LogP contribution >= 0.6 is 11.3 Å². The van der Waals surface area contributed by atoms with Gasteiger partial charge < -0.3 is 10.2 Å². The van der Waals surface area contributed by atoms with Crippen LogP contribution in [-0.2, 0) is 10.0 Å². The zero-order valence-corrected chi connectivity index (χ0v) is 19.5. The Morgan fingerprint density at radius 3 is 2.39 bits per heavy atom. The molecule has 0 aliphatic heterocycles. The Bertz CT molecular complexity index is 1110. The molecule has 2 N–H and O–H groups in total. The average molecular weight is 460 g/mol. The predicted octanol–water partition coefficient (Wildman–Crippen LogP) is 3.95. The molecule has 3 aromatic rings. The number of nitrogens with zero attached hydrogens (tertiary/aromatic N) is 3. The Morgan fingerprint density at radius 1 is 1.00 bits per heavy atom. The average Bonchev–Trinajstić information content (AvgIpc) is 3.32. The van der Waals surface area contributed by atoms with Crippen molar-refractivity contribution in [3.8, 4) is 0 Å². The first-order valence-corrected chi connectivity index (χ1v) is 13.0. The molecule has 0 amide bonds. The molecule has 0 spiro atoms. The summed E-state index contributed by atoms with van der Waals surface area (Å²) in [5.41, 5.74) is 0.936. The van der Waals surface area contributed by atoms with Gasteiger partial charge in [-0.15, -0.1) is 11.3 Å². The van der Waals surface area contributed by atoms with E-state index in [4.69, 9.17) is 4.98 Å². The highest BCUT2D eigenvalue weighted by molar-refractivity contribution is 7.91. The molecular formula is C22H29N5O2S2. The molecule has 1 fully saturated rings. The second kappa shape index (κ2) is 9.50. The van der Waals surface area contributed by atoms with E-state index in [1.165, 1.54) is 11.3 Å². The molecule has 0 atom stereocenters. The first-order chi connectivity index (χ1) is 14.9. The molecule has 166 valence electrons. The van der Waals surface area contributed by atoms with Crippen LogP contribution in [0.1, 0.15) is 25.7 Å². The van der Waals surface area contributed by atoms with Gasteiger partial charge in [-0.25, -0.2) is 18.1 Å². The van der Waals surface area contributed by atoms with Crippen molar-refractivity contribution in [2.24, 2.45) is 11.8 Å². The van der Waals surface area contributed by atoms with Gasteiger partial charge in [-0.1, -0.05) is 18.2 Å². The molecule has 1 aliphatic rings. The number of thiophene rings is 1. The van der Waals surface area contributed by atoms with Crippen LogP contribution in [0.25, 0.3) is 10.9 Å². The zero-order chi connectivity index (χ0) is 21.8. The third-order valence-corrected chi connectivity index (χ3v) is 8.66. The van der Waals surface area contributed by atoms with Crippen molar-refractivity contribution >= 4 is 44.0 Å². The van der Waals surface area contributed by atoms with Gasteiger partial charge in [0.1, 0.15) is 10.0 Å². The number of benzene rings is 1. The lowest BCUT2D eigenvalue weighted by Crippen LogP contribution is -2.32. The third kappa shape index (κ3) is 5.34. The Morgan fingerprint density at radius 2 is 1.71 bits per heavy atom. The maximum atomic E-state index is 12.3. The Hall–Kier alpha value is -2.23. The van der Waals surface area contributed by atoms with Crippen LogP contribution in [0.5, 0.6) is 0 Å². The minimum absolute atomic E-state index is 0.387. The van der Waals surface area contributed by atoms with Crippen LogP contribution in [0.2, 0.25) is 0 Å². The fourth-order valence-corrected chi connectivity index (χ4v) is 6.22. The van der Waals surface area contributed by atoms with Crippen LogP contribution in [0, 0.1) is 11.8 Å². The number of hydrogen-bond acceptors (Lipinski definition) is 7. The molecule has 9 heteroatoms. The van der Waals surface area contributed by atoms with Crippen molar-refractivity contribution < 1.29 is 8.42 Å². The number of fused-ring (bicyclic) bond motifs is 1. The molecule has 1 saturated carbocycles. The number of nitrogens with one attached hydrogen (secondary N) is 2. The van der Waals surface area contributed by atoms with Crippen molar-refractivity contribution in [1.29, 1.82) is 0 Å². The number of hydrogen-bond donors (Lipinski definition) is 2. The number of aromatic nitrogens is 2. The summed E-state index contributed by atoms with van der Waals surface area (Å²) in [4.78, 5) is 11.4. The van der Waals surface area contributed by atoms with E-state index < -0.39 is 10.0 Å². The second-order valence-electron chi connectivity index (χ2n) is 8.33. The molecule has 0 saturated heterocycles. The SMILES string of the molecule is CN(C)c1nc(NCC2CCC(CNS(=O)(=O)c3cccs3)CC2)nc2ccccc12. The van der Waals surface area contributed by atoms with Crippen LogP contribution < -0.4 is 14.9 Å². The Kier molecular flexibility index (Phi) is 6.74. The molecule has 4 rings (SSSR count). The lowest BCUT2D eigenvalue weighted by molar-refractivity contribution is 0.284. The van der Waals surface area contributed by atoms with E-state index in [0.29, 0.717) is 28.5 Å². The topological polar surface area (TPSA) is 87.2 Å². The highest BCUT2D eigenvalue weighted by Gasteiger charge is 2.24. The minimum atomic E-state index is -3.37. The van der Waals surface area contributed by atoms with Gasteiger partial charge in [0.2, 0.25) is 16.0 Å². The van der Waals surface area contributed by atoms with Gasteiger partial charge in [-0.2, -0.15) is 4.98 Å². The number of anilines is 2. The summed E-state index contributed by atoms with van der Waals surface area (Å²) in [6, 6.07) is 11.5. The van der Waals surface area contributed by atoms with E-state index in [0.717, 1.165) is 48.9 Å². The molecule has 0 unspecified atom stereocenters. The summed E-state index contributed by atoms with van der Waals surface area (Å²) in [6.07, 6.45) is 4.21. The monoisotopic (exact) mass is 459 g/mol. The van der Waals surface area contributed by atoms with Crippen LogP contribution in [0.4, 0.5) is 11.8 Å². The fourth-order valence-electron chi connectivity index (χ4n) is 4.07. The van der Waals surface area contributed by atoms with E-state index >= 15 is 0 Å². The summed E-state index contributed by atoms with van der Waals surface area (Å²) >= 11 is 1.25.